The number of fused-ring (bicyclic) bond motifs is 1. The molecule has 2 aromatic rings. The van der Waals surface area contributed by atoms with Crippen LogP contribution in [0.4, 0.5) is 0 Å². The molecule has 1 heterocycles. The first-order valence-electron chi connectivity index (χ1n) is 11.4. The summed E-state index contributed by atoms with van der Waals surface area (Å²) in [6, 6.07) is 11.8. The molecule has 10 heteroatoms. The molecule has 0 aliphatic carbocycles. The van der Waals surface area contributed by atoms with Crippen molar-refractivity contribution in [1.29, 1.82) is 0 Å². The fourth-order valence-corrected chi connectivity index (χ4v) is 5.84. The monoisotopic (exact) mass is 506 g/mol. The quantitative estimate of drug-likeness (QED) is 0.585. The number of carbonyl (C=O) groups is 1. The maximum atomic E-state index is 13.6. The Morgan fingerprint density at radius 3 is 2.46 bits per heavy atom. The number of rotatable bonds is 8. The molecule has 1 amide bonds. The maximum Gasteiger partial charge on any atom is 0.248 e. The Bertz CT molecular complexity index is 1120. The van der Waals surface area contributed by atoms with Gasteiger partial charge in [0.15, 0.2) is 0 Å². The van der Waals surface area contributed by atoms with E-state index in [2.05, 4.69) is 0 Å². The van der Waals surface area contributed by atoms with E-state index in [1.807, 2.05) is 31.2 Å². The van der Waals surface area contributed by atoms with E-state index >= 15 is 0 Å². The van der Waals surface area contributed by atoms with Crippen LogP contribution in [0.5, 0.6) is 11.5 Å². The molecule has 9 nitrogen and oxygen atoms in total. The van der Waals surface area contributed by atoms with Crippen molar-refractivity contribution in [2.24, 2.45) is 5.92 Å². The highest BCUT2D eigenvalue weighted by Crippen LogP contribution is 2.36. The lowest BCUT2D eigenvalue weighted by Gasteiger charge is -2.37. The molecule has 0 fully saturated rings. The average Bonchev–Trinajstić information content (AvgIpc) is 2.85. The van der Waals surface area contributed by atoms with E-state index in [0.717, 1.165) is 11.1 Å². The predicted molar refractivity (Wildman–Crippen MR) is 132 cm³/mol. The normalized spacial score (nSPS) is 20.6. The first-order chi connectivity index (χ1) is 16.6. The van der Waals surface area contributed by atoms with Crippen molar-refractivity contribution in [1.82, 2.24) is 9.21 Å². The van der Waals surface area contributed by atoms with Gasteiger partial charge in [-0.25, -0.2) is 8.42 Å². The van der Waals surface area contributed by atoms with E-state index in [9.17, 15) is 18.3 Å². The summed E-state index contributed by atoms with van der Waals surface area (Å²) in [4.78, 5) is 13.9. The van der Waals surface area contributed by atoms with Crippen LogP contribution in [0.1, 0.15) is 13.8 Å². The summed E-state index contributed by atoms with van der Waals surface area (Å²) in [6.45, 7) is 3.56. The molecule has 1 aliphatic heterocycles. The van der Waals surface area contributed by atoms with Crippen LogP contribution in [-0.2, 0) is 19.6 Å². The number of amides is 1. The summed E-state index contributed by atoms with van der Waals surface area (Å²) >= 11 is 0. The molecule has 1 N–H and O–H groups in total. The zero-order valence-electron chi connectivity index (χ0n) is 20.8. The van der Waals surface area contributed by atoms with Crippen molar-refractivity contribution < 1.29 is 32.5 Å². The van der Waals surface area contributed by atoms with Crippen molar-refractivity contribution in [2.75, 3.05) is 47.6 Å². The van der Waals surface area contributed by atoms with Gasteiger partial charge < -0.3 is 24.2 Å². The molecule has 3 atom stereocenters. The predicted octanol–water partition coefficient (Wildman–Crippen LogP) is 2.24. The van der Waals surface area contributed by atoms with E-state index in [-0.39, 0.29) is 48.8 Å². The van der Waals surface area contributed by atoms with Crippen LogP contribution in [-0.4, -0.2) is 88.4 Å². The molecular weight excluding hydrogens is 472 g/mol. The van der Waals surface area contributed by atoms with Gasteiger partial charge in [0, 0.05) is 32.7 Å². The van der Waals surface area contributed by atoms with Gasteiger partial charge in [-0.05, 0) is 42.3 Å². The third-order valence-corrected chi connectivity index (χ3v) is 8.26. The molecule has 35 heavy (non-hydrogen) atoms. The first-order valence-corrected chi connectivity index (χ1v) is 12.9. The second-order valence-electron chi connectivity index (χ2n) is 8.84. The van der Waals surface area contributed by atoms with Gasteiger partial charge in [-0.2, -0.15) is 4.31 Å². The summed E-state index contributed by atoms with van der Waals surface area (Å²) in [5.41, 5.74) is 1.65. The lowest BCUT2D eigenvalue weighted by atomic mass is 10.0. The molecule has 0 aromatic heterocycles. The molecule has 1 aliphatic rings. The molecule has 0 unspecified atom stereocenters. The maximum absolute atomic E-state index is 13.6. The van der Waals surface area contributed by atoms with Gasteiger partial charge in [0.2, 0.25) is 15.9 Å². The molecular formula is C25H34N2O7S. The molecule has 2 aromatic carbocycles. The minimum atomic E-state index is -3.95. The van der Waals surface area contributed by atoms with Crippen molar-refractivity contribution in [3.05, 3.63) is 42.5 Å². The zero-order valence-corrected chi connectivity index (χ0v) is 21.6. The highest BCUT2D eigenvalue weighted by atomic mass is 32.2. The fraction of sp³-hybridized carbons (Fsp3) is 0.480. The van der Waals surface area contributed by atoms with Crippen molar-refractivity contribution in [3.8, 4) is 22.6 Å². The van der Waals surface area contributed by atoms with E-state index < -0.39 is 22.2 Å². The Labute approximate surface area is 207 Å². The number of aliphatic hydroxyl groups is 1. The highest BCUT2D eigenvalue weighted by Gasteiger charge is 2.38. The summed E-state index contributed by atoms with van der Waals surface area (Å²) in [5.74, 6) is 0.447. The molecule has 3 rings (SSSR count). The smallest absolute Gasteiger partial charge is 0.248 e. The van der Waals surface area contributed by atoms with Gasteiger partial charge in [-0.1, -0.05) is 25.1 Å². The van der Waals surface area contributed by atoms with Crippen molar-refractivity contribution in [3.63, 3.8) is 0 Å². The van der Waals surface area contributed by atoms with Crippen LogP contribution in [0.3, 0.4) is 0 Å². The van der Waals surface area contributed by atoms with Gasteiger partial charge in [-0.15, -0.1) is 0 Å². The van der Waals surface area contributed by atoms with Crippen molar-refractivity contribution in [2.45, 2.75) is 30.9 Å². The van der Waals surface area contributed by atoms with Gasteiger partial charge >= 0.3 is 0 Å². The number of carbonyl (C=O) groups excluding carboxylic acids is 1. The van der Waals surface area contributed by atoms with Gasteiger partial charge in [0.05, 0.1) is 20.3 Å². The molecule has 0 bridgehead atoms. The number of methoxy groups -OCH3 is 2. The van der Waals surface area contributed by atoms with E-state index in [4.69, 9.17) is 14.2 Å². The Morgan fingerprint density at radius 1 is 1.20 bits per heavy atom. The number of benzene rings is 2. The molecule has 0 saturated heterocycles. The van der Waals surface area contributed by atoms with Crippen LogP contribution in [0, 0.1) is 5.92 Å². The second-order valence-corrected chi connectivity index (χ2v) is 10.7. The number of nitrogens with zero attached hydrogens (tertiary/aromatic N) is 2. The SMILES string of the molecule is COCC(=O)N(C)C[C@H]1Oc2cc(-c3ccc(OC)cc3)ccc2S(=O)(=O)N([C@@H](C)CO)C[C@@H]1C. The number of hydrogen-bond donors (Lipinski definition) is 1. The number of aliphatic hydroxyl groups excluding tert-OH is 1. The first kappa shape index (κ1) is 26.9. The summed E-state index contributed by atoms with van der Waals surface area (Å²) < 4.78 is 45.1. The standard InChI is InChI=1S/C25H34N2O7S/c1-17-13-27(18(2)15-28)35(30,31)24-11-8-20(19-6-9-21(33-5)10-7-19)12-22(24)34-23(17)14-26(3)25(29)16-32-4/h6-12,17-18,23,28H,13-16H2,1-5H3/t17-,18-,23+/m0/s1. The van der Waals surface area contributed by atoms with Crippen LogP contribution in [0.15, 0.2) is 47.4 Å². The lowest BCUT2D eigenvalue weighted by molar-refractivity contribution is -0.135. The van der Waals surface area contributed by atoms with E-state index in [0.29, 0.717) is 5.75 Å². The highest BCUT2D eigenvalue weighted by molar-refractivity contribution is 7.89. The zero-order chi connectivity index (χ0) is 25.8. The minimum Gasteiger partial charge on any atom is -0.497 e. The van der Waals surface area contributed by atoms with Crippen molar-refractivity contribution >= 4 is 15.9 Å². The fourth-order valence-electron chi connectivity index (χ4n) is 4.01. The molecule has 0 saturated carbocycles. The molecule has 0 radical (unpaired) electrons. The van der Waals surface area contributed by atoms with Gasteiger partial charge in [0.1, 0.15) is 29.1 Å². The third kappa shape index (κ3) is 5.95. The summed E-state index contributed by atoms with van der Waals surface area (Å²) in [6.07, 6.45) is -0.491. The molecule has 192 valence electrons. The second kappa shape index (κ2) is 11.4. The van der Waals surface area contributed by atoms with E-state index in [1.165, 1.54) is 22.4 Å². The number of hydrogen-bond acceptors (Lipinski definition) is 7. The van der Waals surface area contributed by atoms with E-state index in [1.54, 1.807) is 33.2 Å². The Hall–Kier alpha value is -2.66. The lowest BCUT2D eigenvalue weighted by Crippen LogP contribution is -2.50. The topological polar surface area (TPSA) is 106 Å². The Balaban J connectivity index is 2.08. The third-order valence-electron chi connectivity index (χ3n) is 6.24. The average molecular weight is 507 g/mol. The minimum absolute atomic E-state index is 0.0258. The summed E-state index contributed by atoms with van der Waals surface area (Å²) in [7, 11) is 0.763. The van der Waals surface area contributed by atoms with Crippen LogP contribution in [0.2, 0.25) is 0 Å². The van der Waals surface area contributed by atoms with Crippen LogP contribution in [0.25, 0.3) is 11.1 Å². The number of ether oxygens (including phenoxy) is 3. The number of likely N-dealkylation sites (N-methyl/N-ethyl adjacent to an activating group) is 1. The number of sulfonamides is 1. The molecule has 0 spiro atoms. The van der Waals surface area contributed by atoms with Gasteiger partial charge in [-0.3, -0.25) is 4.79 Å². The summed E-state index contributed by atoms with van der Waals surface area (Å²) in [5, 5.41) is 9.78. The van der Waals surface area contributed by atoms with Gasteiger partial charge in [0.25, 0.3) is 0 Å². The Kier molecular flexibility index (Phi) is 8.76. The largest absolute Gasteiger partial charge is 0.497 e. The Morgan fingerprint density at radius 2 is 1.86 bits per heavy atom. The van der Waals surface area contributed by atoms with Crippen LogP contribution >= 0.6 is 0 Å². The van der Waals surface area contributed by atoms with Crippen LogP contribution < -0.4 is 9.47 Å².